The number of nitrogens with one attached hydrogen (secondary N) is 2. The maximum absolute atomic E-state index is 14.1. The number of amides is 1. The number of benzene rings is 1. The molecule has 4 fully saturated rings. The van der Waals surface area contributed by atoms with E-state index >= 15 is 0 Å². The Bertz CT molecular complexity index is 1170. The molecule has 4 bridgehead atoms. The molecule has 0 spiro atoms. The third kappa shape index (κ3) is 3.71. The SMILES string of the molecule is O=C(NCC12CC3CC(CC(C3)C1)C2)c1cc2n(n1)C(C(F)(F)F)CC(c1ccc3c(c1)OCO3)N2. The number of halogens is 3. The van der Waals surface area contributed by atoms with Crippen molar-refractivity contribution >= 4 is 11.7 Å². The Morgan fingerprint density at radius 1 is 1.06 bits per heavy atom. The molecule has 1 amide bonds. The molecule has 4 aliphatic carbocycles. The molecule has 1 aromatic heterocycles. The lowest BCUT2D eigenvalue weighted by Gasteiger charge is -2.56. The summed E-state index contributed by atoms with van der Waals surface area (Å²) in [5, 5.41) is 10.3. The number of fused-ring (bicyclic) bond motifs is 2. The lowest BCUT2D eigenvalue weighted by atomic mass is 9.49. The minimum absolute atomic E-state index is 0.0165. The summed E-state index contributed by atoms with van der Waals surface area (Å²) in [5.74, 6) is 3.15. The van der Waals surface area contributed by atoms with Gasteiger partial charge in [0.25, 0.3) is 5.91 Å². The number of hydrogen-bond donors (Lipinski definition) is 2. The van der Waals surface area contributed by atoms with E-state index in [2.05, 4.69) is 15.7 Å². The van der Waals surface area contributed by atoms with E-state index in [9.17, 15) is 18.0 Å². The van der Waals surface area contributed by atoms with Crippen LogP contribution in [-0.2, 0) is 0 Å². The Balaban J connectivity index is 1.11. The van der Waals surface area contributed by atoms with Crippen molar-refractivity contribution in [2.24, 2.45) is 23.2 Å². The van der Waals surface area contributed by atoms with Gasteiger partial charge in [0, 0.05) is 19.0 Å². The zero-order valence-electron chi connectivity index (χ0n) is 19.8. The van der Waals surface area contributed by atoms with Crippen LogP contribution in [0.15, 0.2) is 24.3 Å². The van der Waals surface area contributed by atoms with Crippen molar-refractivity contribution in [3.8, 4) is 11.5 Å². The second kappa shape index (κ2) is 7.79. The van der Waals surface area contributed by atoms with Gasteiger partial charge in [-0.15, -0.1) is 0 Å². The number of carbonyl (C=O) groups is 1. The highest BCUT2D eigenvalue weighted by Gasteiger charge is 2.51. The summed E-state index contributed by atoms with van der Waals surface area (Å²) in [6.07, 6.45) is 2.63. The molecule has 2 atom stereocenters. The maximum atomic E-state index is 14.1. The number of aromatic nitrogens is 2. The fourth-order valence-corrected chi connectivity index (χ4v) is 7.90. The van der Waals surface area contributed by atoms with Crippen molar-refractivity contribution < 1.29 is 27.4 Å². The minimum atomic E-state index is -4.51. The molecule has 6 aliphatic rings. The molecule has 0 saturated heterocycles. The summed E-state index contributed by atoms with van der Waals surface area (Å²) in [4.78, 5) is 13.1. The van der Waals surface area contributed by atoms with Gasteiger partial charge in [-0.3, -0.25) is 4.79 Å². The first kappa shape index (κ1) is 22.3. The van der Waals surface area contributed by atoms with Gasteiger partial charge in [0.15, 0.2) is 23.2 Å². The summed E-state index contributed by atoms with van der Waals surface area (Å²) in [7, 11) is 0. The van der Waals surface area contributed by atoms with Gasteiger partial charge in [-0.1, -0.05) is 6.07 Å². The Hall–Kier alpha value is -2.91. The molecule has 2 aliphatic heterocycles. The van der Waals surface area contributed by atoms with Crippen LogP contribution in [-0.4, -0.2) is 35.2 Å². The summed E-state index contributed by atoms with van der Waals surface area (Å²) in [5.41, 5.74) is 0.817. The predicted molar refractivity (Wildman–Crippen MR) is 124 cm³/mol. The summed E-state index contributed by atoms with van der Waals surface area (Å²) >= 11 is 0. The molecule has 2 N–H and O–H groups in total. The van der Waals surface area contributed by atoms with E-state index in [1.807, 2.05) is 0 Å². The standard InChI is InChI=1S/C26H29F3N4O3/c27-26(28,29)22-7-18(17-1-2-20-21(6-17)36-13-35-20)31-23-8-19(32-33(22)23)24(34)30-12-25-9-14-3-15(10-25)5-16(4-14)11-25/h1-2,6,8,14-16,18,22,31H,3-5,7,9-13H2,(H,30,34). The highest BCUT2D eigenvalue weighted by atomic mass is 19.4. The molecule has 0 radical (unpaired) electrons. The van der Waals surface area contributed by atoms with Crippen molar-refractivity contribution in [2.75, 3.05) is 18.7 Å². The first-order valence-corrected chi connectivity index (χ1v) is 12.9. The topological polar surface area (TPSA) is 77.4 Å². The largest absolute Gasteiger partial charge is 0.454 e. The van der Waals surface area contributed by atoms with Crippen LogP contribution in [0.5, 0.6) is 11.5 Å². The minimum Gasteiger partial charge on any atom is -0.454 e. The number of ether oxygens (including phenoxy) is 2. The third-order valence-corrected chi connectivity index (χ3v) is 9.01. The summed E-state index contributed by atoms with van der Waals surface area (Å²) in [6, 6.07) is 4.14. The van der Waals surface area contributed by atoms with Gasteiger partial charge < -0.3 is 20.1 Å². The Kier molecular flexibility index (Phi) is 4.83. The van der Waals surface area contributed by atoms with Gasteiger partial charge in [0.2, 0.25) is 6.79 Å². The van der Waals surface area contributed by atoms with Crippen LogP contribution < -0.4 is 20.1 Å². The van der Waals surface area contributed by atoms with Crippen molar-refractivity contribution in [2.45, 2.75) is 63.2 Å². The van der Waals surface area contributed by atoms with Crippen LogP contribution in [0.25, 0.3) is 0 Å². The normalized spacial score (nSPS) is 33.8. The molecule has 2 aromatic rings. The van der Waals surface area contributed by atoms with Crippen LogP contribution in [0, 0.1) is 23.2 Å². The van der Waals surface area contributed by atoms with Crippen LogP contribution in [0.2, 0.25) is 0 Å². The van der Waals surface area contributed by atoms with Crippen LogP contribution in [0.3, 0.4) is 0 Å². The van der Waals surface area contributed by atoms with Gasteiger partial charge in [-0.25, -0.2) is 4.68 Å². The van der Waals surface area contributed by atoms with Crippen molar-refractivity contribution in [1.29, 1.82) is 0 Å². The molecule has 192 valence electrons. The molecular formula is C26H29F3N4O3. The van der Waals surface area contributed by atoms with E-state index in [0.29, 0.717) is 23.6 Å². The predicted octanol–water partition coefficient (Wildman–Crippen LogP) is 5.22. The van der Waals surface area contributed by atoms with E-state index in [1.54, 1.807) is 18.2 Å². The van der Waals surface area contributed by atoms with Gasteiger partial charge in [-0.2, -0.15) is 18.3 Å². The van der Waals surface area contributed by atoms with E-state index in [-0.39, 0.29) is 30.1 Å². The van der Waals surface area contributed by atoms with E-state index in [4.69, 9.17) is 9.47 Å². The lowest BCUT2D eigenvalue weighted by Crippen LogP contribution is -2.51. The first-order valence-electron chi connectivity index (χ1n) is 12.9. The zero-order chi connectivity index (χ0) is 24.7. The molecule has 1 aromatic carbocycles. The molecule has 8 rings (SSSR count). The smallest absolute Gasteiger partial charge is 0.410 e. The van der Waals surface area contributed by atoms with Crippen molar-refractivity contribution in [3.63, 3.8) is 0 Å². The molecule has 7 nitrogen and oxygen atoms in total. The Labute approximate surface area is 206 Å². The lowest BCUT2D eigenvalue weighted by molar-refractivity contribution is -0.173. The quantitative estimate of drug-likeness (QED) is 0.600. The monoisotopic (exact) mass is 502 g/mol. The molecule has 36 heavy (non-hydrogen) atoms. The number of carbonyl (C=O) groups excluding carboxylic acids is 1. The van der Waals surface area contributed by atoms with Gasteiger partial charge >= 0.3 is 6.18 Å². The average molecular weight is 503 g/mol. The van der Waals surface area contributed by atoms with E-state index in [0.717, 1.165) is 41.7 Å². The van der Waals surface area contributed by atoms with Gasteiger partial charge in [-0.05, 0) is 79.4 Å². The molecule has 4 saturated carbocycles. The Morgan fingerprint density at radius 3 is 2.44 bits per heavy atom. The third-order valence-electron chi connectivity index (χ3n) is 9.01. The summed E-state index contributed by atoms with van der Waals surface area (Å²) < 4.78 is 53.9. The molecular weight excluding hydrogens is 473 g/mol. The second-order valence-electron chi connectivity index (χ2n) is 11.6. The number of anilines is 1. The fourth-order valence-electron chi connectivity index (χ4n) is 7.90. The maximum Gasteiger partial charge on any atom is 0.410 e. The van der Waals surface area contributed by atoms with Crippen molar-refractivity contribution in [1.82, 2.24) is 15.1 Å². The fraction of sp³-hybridized carbons (Fsp3) is 0.615. The molecule has 10 heteroatoms. The average Bonchev–Trinajstić information content (AvgIpc) is 3.47. The first-order chi connectivity index (χ1) is 17.2. The highest BCUT2D eigenvalue weighted by Crippen LogP contribution is 2.59. The molecule has 2 unspecified atom stereocenters. The number of rotatable bonds is 4. The number of nitrogens with zero attached hydrogens (tertiary/aromatic N) is 2. The highest BCUT2D eigenvalue weighted by molar-refractivity contribution is 5.93. The van der Waals surface area contributed by atoms with E-state index in [1.165, 1.54) is 25.3 Å². The van der Waals surface area contributed by atoms with Crippen LogP contribution in [0.1, 0.15) is 73.1 Å². The van der Waals surface area contributed by atoms with E-state index < -0.39 is 24.2 Å². The van der Waals surface area contributed by atoms with Gasteiger partial charge in [0.05, 0.1) is 6.04 Å². The van der Waals surface area contributed by atoms with Crippen LogP contribution in [0.4, 0.5) is 19.0 Å². The van der Waals surface area contributed by atoms with Gasteiger partial charge in [0.1, 0.15) is 5.82 Å². The second-order valence-corrected chi connectivity index (χ2v) is 11.6. The number of alkyl halides is 3. The number of hydrogen-bond acceptors (Lipinski definition) is 5. The van der Waals surface area contributed by atoms with Crippen molar-refractivity contribution in [3.05, 3.63) is 35.5 Å². The zero-order valence-corrected chi connectivity index (χ0v) is 19.8. The summed E-state index contributed by atoms with van der Waals surface area (Å²) in [6.45, 7) is 0.671. The molecule has 3 heterocycles. The van der Waals surface area contributed by atoms with Crippen LogP contribution >= 0.6 is 0 Å². The Morgan fingerprint density at radius 2 is 1.75 bits per heavy atom.